The van der Waals surface area contributed by atoms with Gasteiger partial charge in [-0.2, -0.15) is 4.98 Å². The third kappa shape index (κ3) is 4.14. The largest absolute Gasteiger partial charge is 0.493 e. The van der Waals surface area contributed by atoms with Gasteiger partial charge in [0.1, 0.15) is 0 Å². The maximum atomic E-state index is 12.5. The molecule has 1 amide bonds. The molecule has 0 saturated carbocycles. The molecular formula is C22H17N3O3S. The Balaban J connectivity index is 1.56. The number of benzene rings is 3. The fourth-order valence-corrected chi connectivity index (χ4v) is 3.83. The summed E-state index contributed by atoms with van der Waals surface area (Å²) in [5.74, 6) is -0.575. The van der Waals surface area contributed by atoms with E-state index in [0.717, 1.165) is 34.3 Å². The van der Waals surface area contributed by atoms with Crippen LogP contribution in [0.5, 0.6) is 5.88 Å². The molecule has 3 aromatic carbocycles. The van der Waals surface area contributed by atoms with Crippen LogP contribution in [-0.4, -0.2) is 26.3 Å². The fourth-order valence-electron chi connectivity index (χ4n) is 3.01. The third-order valence-corrected chi connectivity index (χ3v) is 5.22. The van der Waals surface area contributed by atoms with Crippen LogP contribution in [0, 0.1) is 0 Å². The molecule has 0 unspecified atom stereocenters. The smallest absolute Gasteiger partial charge is 0.262 e. The first kappa shape index (κ1) is 18.8. The summed E-state index contributed by atoms with van der Waals surface area (Å²) in [5.41, 5.74) is 0.917. The number of thioether (sulfide) groups is 1. The number of carbonyl (C=O) groups excluding carboxylic acids is 1. The van der Waals surface area contributed by atoms with Crippen LogP contribution in [0.25, 0.3) is 16.5 Å². The van der Waals surface area contributed by atoms with Crippen LogP contribution < -0.4 is 10.9 Å². The molecule has 144 valence electrons. The molecule has 29 heavy (non-hydrogen) atoms. The number of nitrogens with zero attached hydrogens (tertiary/aromatic N) is 2. The molecule has 0 atom stereocenters. The van der Waals surface area contributed by atoms with Crippen molar-refractivity contribution in [2.75, 3.05) is 11.1 Å². The molecular weight excluding hydrogens is 386 g/mol. The second kappa shape index (κ2) is 8.20. The Hall–Kier alpha value is -3.58. The number of aromatic nitrogens is 2. The van der Waals surface area contributed by atoms with Crippen molar-refractivity contribution in [2.24, 2.45) is 0 Å². The first-order valence-electron chi connectivity index (χ1n) is 8.91. The normalized spacial score (nSPS) is 10.8. The van der Waals surface area contributed by atoms with Crippen molar-refractivity contribution in [3.05, 3.63) is 89.2 Å². The number of fused-ring (bicyclic) bond motifs is 1. The number of hydrogen-bond donors (Lipinski definition) is 2. The van der Waals surface area contributed by atoms with Crippen LogP contribution in [0.3, 0.4) is 0 Å². The van der Waals surface area contributed by atoms with E-state index in [-0.39, 0.29) is 22.7 Å². The van der Waals surface area contributed by atoms with Crippen molar-refractivity contribution in [3.63, 3.8) is 0 Å². The van der Waals surface area contributed by atoms with E-state index < -0.39 is 5.56 Å². The SMILES string of the molecule is O=C(CSc1nc(O)cc(=O)n1-c1ccccc1)Nc1cccc2ccccc12. The molecule has 7 heteroatoms. The van der Waals surface area contributed by atoms with E-state index in [1.807, 2.05) is 48.5 Å². The molecule has 0 spiro atoms. The molecule has 1 aromatic heterocycles. The van der Waals surface area contributed by atoms with E-state index >= 15 is 0 Å². The molecule has 2 N–H and O–H groups in total. The summed E-state index contributed by atoms with van der Waals surface area (Å²) in [7, 11) is 0. The maximum absolute atomic E-state index is 12.5. The van der Waals surface area contributed by atoms with Crippen LogP contribution in [-0.2, 0) is 4.79 Å². The minimum atomic E-state index is -0.416. The zero-order chi connectivity index (χ0) is 20.2. The maximum Gasteiger partial charge on any atom is 0.262 e. The van der Waals surface area contributed by atoms with Crippen LogP contribution in [0.4, 0.5) is 5.69 Å². The van der Waals surface area contributed by atoms with Gasteiger partial charge in [-0.05, 0) is 23.6 Å². The summed E-state index contributed by atoms with van der Waals surface area (Å²) in [6, 6.07) is 23.5. The summed E-state index contributed by atoms with van der Waals surface area (Å²) in [4.78, 5) is 29.0. The van der Waals surface area contributed by atoms with Gasteiger partial charge in [0.25, 0.3) is 5.56 Å². The van der Waals surface area contributed by atoms with Gasteiger partial charge >= 0.3 is 0 Å². The van der Waals surface area contributed by atoms with Gasteiger partial charge in [0.2, 0.25) is 11.8 Å². The lowest BCUT2D eigenvalue weighted by Crippen LogP contribution is -2.21. The number of amides is 1. The second-order valence-corrected chi connectivity index (χ2v) is 7.21. The van der Waals surface area contributed by atoms with Gasteiger partial charge < -0.3 is 10.4 Å². The topological polar surface area (TPSA) is 84.2 Å². The van der Waals surface area contributed by atoms with E-state index in [0.29, 0.717) is 5.69 Å². The van der Waals surface area contributed by atoms with Gasteiger partial charge in [-0.15, -0.1) is 0 Å². The summed E-state index contributed by atoms with van der Waals surface area (Å²) in [6.07, 6.45) is 0. The first-order chi connectivity index (χ1) is 14.1. The standard InChI is InChI=1S/C22H17N3O3S/c26-19-13-21(28)25(16-9-2-1-3-10-16)22(24-19)29-14-20(27)23-18-12-6-8-15-7-4-5-11-17(15)18/h1-13,26H,14H2,(H,23,27). The van der Waals surface area contributed by atoms with Crippen molar-refractivity contribution >= 4 is 34.1 Å². The fraction of sp³-hybridized carbons (Fsp3) is 0.0455. The van der Waals surface area contributed by atoms with Crippen molar-refractivity contribution in [1.29, 1.82) is 0 Å². The molecule has 4 aromatic rings. The summed E-state index contributed by atoms with van der Waals surface area (Å²) in [5, 5.41) is 14.9. The zero-order valence-electron chi connectivity index (χ0n) is 15.3. The predicted octanol–water partition coefficient (Wildman–Crippen LogP) is 3.82. The molecule has 6 nitrogen and oxygen atoms in total. The Morgan fingerprint density at radius 1 is 1.00 bits per heavy atom. The molecule has 0 aliphatic rings. The van der Waals surface area contributed by atoms with E-state index in [2.05, 4.69) is 10.3 Å². The van der Waals surface area contributed by atoms with Gasteiger partial charge in [0, 0.05) is 11.1 Å². The Morgan fingerprint density at radius 3 is 2.55 bits per heavy atom. The van der Waals surface area contributed by atoms with Gasteiger partial charge in [0.05, 0.1) is 17.5 Å². The van der Waals surface area contributed by atoms with Crippen molar-refractivity contribution in [1.82, 2.24) is 9.55 Å². The number of rotatable bonds is 5. The van der Waals surface area contributed by atoms with Gasteiger partial charge in [-0.3, -0.25) is 14.2 Å². The highest BCUT2D eigenvalue weighted by molar-refractivity contribution is 7.99. The number of carbonyl (C=O) groups is 1. The van der Waals surface area contributed by atoms with Crippen molar-refractivity contribution < 1.29 is 9.90 Å². The molecule has 0 bridgehead atoms. The number of para-hydroxylation sites is 1. The average molecular weight is 403 g/mol. The van der Waals surface area contributed by atoms with Gasteiger partial charge in [-0.1, -0.05) is 66.4 Å². The molecule has 0 aliphatic heterocycles. The lowest BCUT2D eigenvalue weighted by Gasteiger charge is -2.12. The second-order valence-electron chi connectivity index (χ2n) is 6.27. The van der Waals surface area contributed by atoms with Crippen molar-refractivity contribution in [3.8, 4) is 11.6 Å². The lowest BCUT2D eigenvalue weighted by molar-refractivity contribution is -0.113. The lowest BCUT2D eigenvalue weighted by atomic mass is 10.1. The van der Waals surface area contributed by atoms with Crippen LogP contribution in [0.15, 0.2) is 88.8 Å². The van der Waals surface area contributed by atoms with Crippen LogP contribution in [0.2, 0.25) is 0 Å². The molecule has 0 aliphatic carbocycles. The van der Waals surface area contributed by atoms with Crippen LogP contribution in [0.1, 0.15) is 0 Å². The third-order valence-electron chi connectivity index (χ3n) is 4.28. The summed E-state index contributed by atoms with van der Waals surface area (Å²) in [6.45, 7) is 0. The highest BCUT2D eigenvalue weighted by Gasteiger charge is 2.13. The first-order valence-corrected chi connectivity index (χ1v) is 9.89. The highest BCUT2D eigenvalue weighted by Crippen LogP contribution is 2.24. The predicted molar refractivity (Wildman–Crippen MR) is 115 cm³/mol. The quantitative estimate of drug-likeness (QED) is 0.391. The summed E-state index contributed by atoms with van der Waals surface area (Å²) < 4.78 is 1.37. The number of anilines is 1. The van der Waals surface area contributed by atoms with E-state index in [9.17, 15) is 14.7 Å². The minimum Gasteiger partial charge on any atom is -0.493 e. The van der Waals surface area contributed by atoms with Gasteiger partial charge in [-0.25, -0.2) is 0 Å². The highest BCUT2D eigenvalue weighted by atomic mass is 32.2. The Morgan fingerprint density at radius 2 is 1.72 bits per heavy atom. The molecule has 0 radical (unpaired) electrons. The number of aromatic hydroxyl groups is 1. The molecule has 4 rings (SSSR count). The summed E-state index contributed by atoms with van der Waals surface area (Å²) >= 11 is 1.08. The van der Waals surface area contributed by atoms with Crippen molar-refractivity contribution in [2.45, 2.75) is 5.16 Å². The monoisotopic (exact) mass is 403 g/mol. The Bertz CT molecular complexity index is 1230. The van der Waals surface area contributed by atoms with E-state index in [4.69, 9.17) is 0 Å². The Kier molecular flexibility index (Phi) is 5.31. The van der Waals surface area contributed by atoms with Crippen LogP contribution >= 0.6 is 11.8 Å². The van der Waals surface area contributed by atoms with Gasteiger partial charge in [0.15, 0.2) is 5.16 Å². The number of hydrogen-bond acceptors (Lipinski definition) is 5. The van der Waals surface area contributed by atoms with E-state index in [1.165, 1.54) is 4.57 Å². The molecule has 1 heterocycles. The average Bonchev–Trinajstić information content (AvgIpc) is 2.73. The minimum absolute atomic E-state index is 0.0337. The Labute approximate surface area is 170 Å². The zero-order valence-corrected chi connectivity index (χ0v) is 16.1. The van der Waals surface area contributed by atoms with E-state index in [1.54, 1.807) is 24.3 Å². The molecule has 0 saturated heterocycles. The molecule has 0 fully saturated rings. The number of nitrogens with one attached hydrogen (secondary N) is 1.